The first kappa shape index (κ1) is 17.4. The van der Waals surface area contributed by atoms with Gasteiger partial charge >= 0.3 is 0 Å². The molecule has 2 aromatic rings. The molecule has 0 aliphatic heterocycles. The van der Waals surface area contributed by atoms with Gasteiger partial charge in [-0.2, -0.15) is 9.97 Å². The number of nitrogen functional groups attached to an aromatic ring is 1. The summed E-state index contributed by atoms with van der Waals surface area (Å²) in [7, 11) is 0. The number of nitrogens with one attached hydrogen (secondary N) is 2. The molecule has 128 valence electrons. The lowest BCUT2D eigenvalue weighted by atomic mass is 10.1. The van der Waals surface area contributed by atoms with Gasteiger partial charge in [0.2, 0.25) is 5.95 Å². The zero-order chi connectivity index (χ0) is 17.0. The zero-order valence-corrected chi connectivity index (χ0v) is 14.3. The van der Waals surface area contributed by atoms with Crippen molar-refractivity contribution in [2.75, 3.05) is 24.1 Å². The summed E-state index contributed by atoms with van der Waals surface area (Å²) in [6, 6.07) is 0.481. The van der Waals surface area contributed by atoms with E-state index in [-0.39, 0.29) is 0 Å². The molecule has 0 saturated carbocycles. The minimum absolute atomic E-state index is 0.340. The van der Waals surface area contributed by atoms with E-state index in [0.29, 0.717) is 35.5 Å². The van der Waals surface area contributed by atoms with E-state index in [1.54, 1.807) is 24.7 Å². The molecule has 2 rings (SSSR count). The minimum Gasteiger partial charge on any atom is -0.389 e. The number of hydrogen-bond donors (Lipinski definition) is 4. The molecule has 2 aromatic heterocycles. The number of aromatic nitrogens is 4. The Labute approximate surface area is 136 Å². The van der Waals surface area contributed by atoms with Gasteiger partial charge in [0.05, 0.1) is 18.5 Å². The van der Waals surface area contributed by atoms with Crippen molar-refractivity contribution in [2.24, 2.45) is 0 Å². The Balaban J connectivity index is 2.08. The van der Waals surface area contributed by atoms with Crippen LogP contribution in [0.25, 0.3) is 11.2 Å². The molecule has 5 N–H and O–H groups in total. The van der Waals surface area contributed by atoms with Crippen LogP contribution < -0.4 is 16.4 Å². The molecule has 2 heterocycles. The minimum atomic E-state index is -0.858. The van der Waals surface area contributed by atoms with Crippen LogP contribution in [0.2, 0.25) is 0 Å². The van der Waals surface area contributed by atoms with E-state index in [1.807, 2.05) is 0 Å². The van der Waals surface area contributed by atoms with E-state index in [9.17, 15) is 5.11 Å². The first-order valence-corrected chi connectivity index (χ1v) is 7.94. The van der Waals surface area contributed by atoms with Gasteiger partial charge in [-0.3, -0.25) is 0 Å². The molecular formula is C15H27N7O. The highest BCUT2D eigenvalue weighted by atomic mass is 16.3. The second-order valence-corrected chi connectivity index (χ2v) is 6.68. The van der Waals surface area contributed by atoms with Gasteiger partial charge in [-0.25, -0.2) is 4.98 Å². The molecule has 0 aliphatic rings. The third-order valence-electron chi connectivity index (χ3n) is 3.24. The number of nitrogens with zero attached hydrogens (tertiary/aromatic N) is 4. The number of anilines is 2. The molecule has 0 unspecified atom stereocenters. The van der Waals surface area contributed by atoms with Crippen molar-refractivity contribution in [3.05, 3.63) is 6.33 Å². The average Bonchev–Trinajstić information content (AvgIpc) is 2.80. The van der Waals surface area contributed by atoms with Gasteiger partial charge in [-0.15, -0.1) is 0 Å². The normalized spacial score (nSPS) is 12.3. The lowest BCUT2D eigenvalue weighted by molar-refractivity contribution is 0.0625. The van der Waals surface area contributed by atoms with Gasteiger partial charge in [0.1, 0.15) is 5.52 Å². The summed E-state index contributed by atoms with van der Waals surface area (Å²) in [5.41, 5.74) is 6.29. The van der Waals surface area contributed by atoms with Crippen LogP contribution in [0.15, 0.2) is 6.33 Å². The van der Waals surface area contributed by atoms with Crippen LogP contribution in [-0.2, 0) is 6.54 Å². The third-order valence-corrected chi connectivity index (χ3v) is 3.24. The van der Waals surface area contributed by atoms with Gasteiger partial charge in [0.25, 0.3) is 0 Å². The molecule has 0 aromatic carbocycles. The number of nitrogens with two attached hydrogens (primary N) is 1. The second-order valence-electron chi connectivity index (χ2n) is 6.68. The maximum absolute atomic E-state index is 9.99. The summed E-state index contributed by atoms with van der Waals surface area (Å²) in [5.74, 6) is 0.823. The van der Waals surface area contributed by atoms with Crippen LogP contribution in [0.4, 0.5) is 11.8 Å². The number of aliphatic hydroxyl groups is 1. The predicted octanol–water partition coefficient (Wildman–Crippen LogP) is 0.979. The molecule has 0 aliphatic carbocycles. The van der Waals surface area contributed by atoms with Crippen LogP contribution in [0.1, 0.15) is 34.1 Å². The van der Waals surface area contributed by atoms with Crippen LogP contribution in [-0.4, -0.2) is 49.4 Å². The summed E-state index contributed by atoms with van der Waals surface area (Å²) in [4.78, 5) is 13.0. The number of rotatable bonds is 8. The Kier molecular flexibility index (Phi) is 5.38. The topological polar surface area (TPSA) is 114 Å². The first-order valence-electron chi connectivity index (χ1n) is 7.94. The third kappa shape index (κ3) is 5.04. The molecular weight excluding hydrogens is 294 g/mol. The Morgan fingerprint density at radius 3 is 2.70 bits per heavy atom. The fourth-order valence-electron chi connectivity index (χ4n) is 2.26. The van der Waals surface area contributed by atoms with E-state index < -0.39 is 5.60 Å². The maximum atomic E-state index is 9.99. The summed E-state index contributed by atoms with van der Waals surface area (Å²) >= 11 is 0. The standard InChI is InChI=1S/C15H27N7O/c1-10(2)17-6-5-7-18-14-20-12(16)11-13(21-14)22(9-19-11)8-15(3,4)23/h9-10,17,23H,5-8H2,1-4H3,(H3,16,18,20,21). The lowest BCUT2D eigenvalue weighted by Gasteiger charge is -2.17. The monoisotopic (exact) mass is 321 g/mol. The Bertz CT molecular complexity index is 645. The molecule has 0 saturated heterocycles. The highest BCUT2D eigenvalue weighted by Crippen LogP contribution is 2.19. The molecule has 0 bridgehead atoms. The summed E-state index contributed by atoms with van der Waals surface area (Å²) < 4.78 is 1.79. The molecule has 0 atom stereocenters. The highest BCUT2D eigenvalue weighted by molar-refractivity contribution is 5.82. The molecule has 0 amide bonds. The van der Waals surface area contributed by atoms with Crippen molar-refractivity contribution < 1.29 is 5.11 Å². The van der Waals surface area contributed by atoms with Crippen LogP contribution in [0, 0.1) is 0 Å². The summed E-state index contributed by atoms with van der Waals surface area (Å²) in [6.07, 6.45) is 2.59. The van der Waals surface area contributed by atoms with Crippen molar-refractivity contribution in [3.63, 3.8) is 0 Å². The SMILES string of the molecule is CC(C)NCCCNc1nc(N)c2ncn(CC(C)(C)O)c2n1. The van der Waals surface area contributed by atoms with Crippen molar-refractivity contribution in [1.29, 1.82) is 0 Å². The van der Waals surface area contributed by atoms with Gasteiger partial charge < -0.3 is 26.0 Å². The maximum Gasteiger partial charge on any atom is 0.226 e. The highest BCUT2D eigenvalue weighted by Gasteiger charge is 2.17. The van der Waals surface area contributed by atoms with E-state index in [0.717, 1.165) is 19.5 Å². The van der Waals surface area contributed by atoms with Crippen LogP contribution in [0.3, 0.4) is 0 Å². The Morgan fingerprint density at radius 1 is 1.30 bits per heavy atom. The van der Waals surface area contributed by atoms with E-state index in [1.165, 1.54) is 0 Å². The average molecular weight is 321 g/mol. The molecule has 23 heavy (non-hydrogen) atoms. The zero-order valence-electron chi connectivity index (χ0n) is 14.3. The van der Waals surface area contributed by atoms with Crippen molar-refractivity contribution >= 4 is 22.9 Å². The first-order chi connectivity index (χ1) is 10.8. The smallest absolute Gasteiger partial charge is 0.226 e. The van der Waals surface area contributed by atoms with Gasteiger partial charge in [-0.05, 0) is 26.8 Å². The van der Waals surface area contributed by atoms with Gasteiger partial charge in [0, 0.05) is 12.6 Å². The van der Waals surface area contributed by atoms with Crippen LogP contribution in [0.5, 0.6) is 0 Å². The molecule has 0 fully saturated rings. The molecule has 0 spiro atoms. The van der Waals surface area contributed by atoms with Crippen LogP contribution >= 0.6 is 0 Å². The fourth-order valence-corrected chi connectivity index (χ4v) is 2.26. The van der Waals surface area contributed by atoms with Crippen molar-refractivity contribution in [1.82, 2.24) is 24.8 Å². The predicted molar refractivity (Wildman–Crippen MR) is 92.3 cm³/mol. The van der Waals surface area contributed by atoms with E-state index >= 15 is 0 Å². The Morgan fingerprint density at radius 2 is 2.04 bits per heavy atom. The molecule has 0 radical (unpaired) electrons. The van der Waals surface area contributed by atoms with E-state index in [4.69, 9.17) is 5.73 Å². The Hall–Kier alpha value is -1.93. The largest absolute Gasteiger partial charge is 0.389 e. The van der Waals surface area contributed by atoms with Crippen molar-refractivity contribution in [3.8, 4) is 0 Å². The van der Waals surface area contributed by atoms with Gasteiger partial charge in [0.15, 0.2) is 11.5 Å². The van der Waals surface area contributed by atoms with Crippen molar-refractivity contribution in [2.45, 2.75) is 52.3 Å². The summed E-state index contributed by atoms with van der Waals surface area (Å²) in [5, 5.41) is 16.5. The molecule has 8 nitrogen and oxygen atoms in total. The molecule has 8 heteroatoms. The quantitative estimate of drug-likeness (QED) is 0.536. The lowest BCUT2D eigenvalue weighted by Crippen LogP contribution is -2.26. The fraction of sp³-hybridized carbons (Fsp3) is 0.667. The van der Waals surface area contributed by atoms with E-state index in [2.05, 4.69) is 39.4 Å². The number of imidazole rings is 1. The second kappa shape index (κ2) is 7.10. The van der Waals surface area contributed by atoms with Gasteiger partial charge in [-0.1, -0.05) is 13.8 Å². The number of hydrogen-bond acceptors (Lipinski definition) is 7. The summed E-state index contributed by atoms with van der Waals surface area (Å²) in [6.45, 7) is 9.79. The number of fused-ring (bicyclic) bond motifs is 1.